The highest BCUT2D eigenvalue weighted by Crippen LogP contribution is 2.28. The van der Waals surface area contributed by atoms with Gasteiger partial charge < -0.3 is 14.6 Å². The van der Waals surface area contributed by atoms with E-state index < -0.39 is 23.4 Å². The average Bonchev–Trinajstić information content (AvgIpc) is 3.08. The maximum Gasteiger partial charge on any atom is 0.318 e. The van der Waals surface area contributed by atoms with Gasteiger partial charge in [0.1, 0.15) is 11.7 Å². The van der Waals surface area contributed by atoms with Crippen LogP contribution in [0.4, 0.5) is 5.82 Å². The zero-order chi connectivity index (χ0) is 20.1. The highest BCUT2D eigenvalue weighted by Gasteiger charge is 2.36. The number of carbonyl (C=O) groups excluding carboxylic acids is 2. The maximum atomic E-state index is 13.1. The SMILES string of the molecule is Cc1cc(NC(=O)C(C)(C)OC(=O)C(c2ccccc2)c2ccccc2)no1. The molecule has 144 valence electrons. The van der Waals surface area contributed by atoms with Crippen molar-refractivity contribution in [3.63, 3.8) is 0 Å². The molecule has 0 bridgehead atoms. The van der Waals surface area contributed by atoms with Crippen molar-refractivity contribution in [3.8, 4) is 0 Å². The van der Waals surface area contributed by atoms with Crippen molar-refractivity contribution in [3.05, 3.63) is 83.6 Å². The van der Waals surface area contributed by atoms with Gasteiger partial charge in [0.25, 0.3) is 5.91 Å². The van der Waals surface area contributed by atoms with Gasteiger partial charge in [-0.1, -0.05) is 65.8 Å². The standard InChI is InChI=1S/C22H22N2O4/c1-15-14-18(24-28-15)23-21(26)22(2,3)27-20(25)19(16-10-6-4-7-11-16)17-12-8-5-9-13-17/h4-14,19H,1-3H3,(H,23,24,26). The Hall–Kier alpha value is -3.41. The number of ether oxygens (including phenoxy) is 1. The number of aryl methyl sites for hydroxylation is 1. The van der Waals surface area contributed by atoms with E-state index in [2.05, 4.69) is 10.5 Å². The summed E-state index contributed by atoms with van der Waals surface area (Å²) in [5.41, 5.74) is 0.190. The first kappa shape index (κ1) is 19.4. The molecule has 1 amide bonds. The molecule has 0 spiro atoms. The third-order valence-electron chi connectivity index (χ3n) is 4.27. The lowest BCUT2D eigenvalue weighted by atomic mass is 9.91. The second kappa shape index (κ2) is 8.08. The highest BCUT2D eigenvalue weighted by atomic mass is 16.6. The molecule has 0 aliphatic rings. The maximum absolute atomic E-state index is 13.1. The number of aromatic nitrogens is 1. The molecule has 0 atom stereocenters. The zero-order valence-corrected chi connectivity index (χ0v) is 16.0. The molecule has 0 saturated carbocycles. The second-order valence-electron chi connectivity index (χ2n) is 6.96. The monoisotopic (exact) mass is 378 g/mol. The average molecular weight is 378 g/mol. The molecular weight excluding hydrogens is 356 g/mol. The minimum absolute atomic E-state index is 0.272. The Labute approximate surface area is 163 Å². The minimum Gasteiger partial charge on any atom is -0.449 e. The van der Waals surface area contributed by atoms with Crippen molar-refractivity contribution in [1.82, 2.24) is 5.16 Å². The number of carbonyl (C=O) groups is 2. The van der Waals surface area contributed by atoms with Gasteiger partial charge in [-0.3, -0.25) is 9.59 Å². The Balaban J connectivity index is 1.81. The van der Waals surface area contributed by atoms with E-state index in [9.17, 15) is 9.59 Å². The van der Waals surface area contributed by atoms with Crippen LogP contribution in [-0.4, -0.2) is 22.6 Å². The Bertz CT molecular complexity index is 909. The molecule has 3 rings (SSSR count). The van der Waals surface area contributed by atoms with Crippen LogP contribution in [-0.2, 0) is 14.3 Å². The summed E-state index contributed by atoms with van der Waals surface area (Å²) in [4.78, 5) is 25.7. The van der Waals surface area contributed by atoms with E-state index in [1.807, 2.05) is 60.7 Å². The van der Waals surface area contributed by atoms with Crippen molar-refractivity contribution in [2.75, 3.05) is 5.32 Å². The lowest BCUT2D eigenvalue weighted by Crippen LogP contribution is -2.42. The summed E-state index contributed by atoms with van der Waals surface area (Å²) in [5, 5.41) is 6.34. The van der Waals surface area contributed by atoms with Gasteiger partial charge in [-0.25, -0.2) is 0 Å². The number of benzene rings is 2. The minimum atomic E-state index is -1.40. The number of hydrogen-bond donors (Lipinski definition) is 1. The van der Waals surface area contributed by atoms with E-state index in [-0.39, 0.29) is 5.82 Å². The van der Waals surface area contributed by atoms with Gasteiger partial charge in [0.2, 0.25) is 0 Å². The number of rotatable bonds is 6. The third-order valence-corrected chi connectivity index (χ3v) is 4.27. The fourth-order valence-corrected chi connectivity index (χ4v) is 2.80. The number of anilines is 1. The van der Waals surface area contributed by atoms with E-state index in [0.717, 1.165) is 11.1 Å². The largest absolute Gasteiger partial charge is 0.449 e. The molecule has 0 radical (unpaired) electrons. The van der Waals surface area contributed by atoms with Crippen LogP contribution < -0.4 is 5.32 Å². The quantitative estimate of drug-likeness (QED) is 0.654. The first-order valence-corrected chi connectivity index (χ1v) is 8.94. The van der Waals surface area contributed by atoms with Gasteiger partial charge >= 0.3 is 5.97 Å². The summed E-state index contributed by atoms with van der Waals surface area (Å²) < 4.78 is 10.6. The fraction of sp³-hybridized carbons (Fsp3) is 0.227. The van der Waals surface area contributed by atoms with Crippen molar-refractivity contribution in [1.29, 1.82) is 0 Å². The van der Waals surface area contributed by atoms with Crippen LogP contribution in [0.5, 0.6) is 0 Å². The van der Waals surface area contributed by atoms with Crippen LogP contribution >= 0.6 is 0 Å². The van der Waals surface area contributed by atoms with Crippen LogP contribution in [0.1, 0.15) is 36.7 Å². The molecule has 0 unspecified atom stereocenters. The highest BCUT2D eigenvalue weighted by molar-refractivity contribution is 5.98. The summed E-state index contributed by atoms with van der Waals surface area (Å²) >= 11 is 0. The van der Waals surface area contributed by atoms with E-state index in [4.69, 9.17) is 9.26 Å². The molecule has 3 aromatic rings. The summed E-state index contributed by atoms with van der Waals surface area (Å²) in [5.74, 6) is -0.792. The normalized spacial score (nSPS) is 11.3. The third kappa shape index (κ3) is 4.46. The molecular formula is C22H22N2O4. The van der Waals surface area contributed by atoms with Gasteiger partial charge in [0.15, 0.2) is 11.4 Å². The Morgan fingerprint density at radius 2 is 1.54 bits per heavy atom. The van der Waals surface area contributed by atoms with Crippen LogP contribution in [0, 0.1) is 6.92 Å². The van der Waals surface area contributed by atoms with Gasteiger partial charge in [-0.05, 0) is 31.9 Å². The molecule has 6 heteroatoms. The van der Waals surface area contributed by atoms with Crippen molar-refractivity contribution in [2.45, 2.75) is 32.3 Å². The summed E-state index contributed by atoms with van der Waals surface area (Å²) in [7, 11) is 0. The molecule has 0 saturated heterocycles. The predicted octanol–water partition coefficient (Wildman–Crippen LogP) is 4.08. The van der Waals surface area contributed by atoms with Crippen molar-refractivity contribution < 1.29 is 18.8 Å². The Kier molecular flexibility index (Phi) is 5.59. The summed E-state index contributed by atoms with van der Waals surface area (Å²) in [6.07, 6.45) is 0. The van der Waals surface area contributed by atoms with Crippen LogP contribution in [0.3, 0.4) is 0 Å². The number of nitrogens with one attached hydrogen (secondary N) is 1. The topological polar surface area (TPSA) is 81.4 Å². The Morgan fingerprint density at radius 1 is 1.00 bits per heavy atom. The first-order chi connectivity index (χ1) is 13.4. The molecule has 0 aliphatic carbocycles. The van der Waals surface area contributed by atoms with Gasteiger partial charge in [-0.15, -0.1) is 0 Å². The van der Waals surface area contributed by atoms with E-state index in [1.54, 1.807) is 26.8 Å². The summed E-state index contributed by atoms with van der Waals surface area (Å²) in [6.45, 7) is 4.80. The lowest BCUT2D eigenvalue weighted by Gasteiger charge is -2.26. The van der Waals surface area contributed by atoms with Crippen molar-refractivity contribution in [2.24, 2.45) is 0 Å². The van der Waals surface area contributed by atoms with Gasteiger partial charge in [-0.2, -0.15) is 0 Å². The van der Waals surface area contributed by atoms with Crippen molar-refractivity contribution >= 4 is 17.7 Å². The van der Waals surface area contributed by atoms with Crippen LogP contribution in [0.2, 0.25) is 0 Å². The zero-order valence-electron chi connectivity index (χ0n) is 16.0. The fourth-order valence-electron chi connectivity index (χ4n) is 2.80. The summed E-state index contributed by atoms with van der Waals surface area (Å²) in [6, 6.07) is 20.3. The first-order valence-electron chi connectivity index (χ1n) is 8.94. The van der Waals surface area contributed by atoms with E-state index in [0.29, 0.717) is 5.76 Å². The van der Waals surface area contributed by atoms with Gasteiger partial charge in [0, 0.05) is 6.07 Å². The molecule has 28 heavy (non-hydrogen) atoms. The molecule has 0 aliphatic heterocycles. The number of amides is 1. The van der Waals surface area contributed by atoms with E-state index in [1.165, 1.54) is 0 Å². The smallest absolute Gasteiger partial charge is 0.318 e. The number of nitrogens with zero attached hydrogens (tertiary/aromatic N) is 1. The molecule has 2 aromatic carbocycles. The predicted molar refractivity (Wildman–Crippen MR) is 105 cm³/mol. The number of hydrogen-bond acceptors (Lipinski definition) is 5. The molecule has 1 aromatic heterocycles. The molecule has 6 nitrogen and oxygen atoms in total. The Morgan fingerprint density at radius 3 is 2.00 bits per heavy atom. The molecule has 0 fully saturated rings. The molecule has 1 N–H and O–H groups in total. The van der Waals surface area contributed by atoms with E-state index >= 15 is 0 Å². The van der Waals surface area contributed by atoms with Crippen LogP contribution in [0.25, 0.3) is 0 Å². The lowest BCUT2D eigenvalue weighted by molar-refractivity contribution is -0.163. The second-order valence-corrected chi connectivity index (χ2v) is 6.96. The number of esters is 1. The van der Waals surface area contributed by atoms with Crippen LogP contribution in [0.15, 0.2) is 71.3 Å². The molecule has 1 heterocycles. The van der Waals surface area contributed by atoms with Gasteiger partial charge in [0.05, 0.1) is 0 Å².